The molecule has 4 aliphatic rings. The fourth-order valence-corrected chi connectivity index (χ4v) is 8.86. The van der Waals surface area contributed by atoms with E-state index in [0.29, 0.717) is 41.4 Å². The van der Waals surface area contributed by atoms with Crippen LogP contribution in [0.2, 0.25) is 0 Å². The largest absolute Gasteiger partial charge is 0.463 e. The highest BCUT2D eigenvalue weighted by atomic mass is 16.5. The van der Waals surface area contributed by atoms with Gasteiger partial charge in [-0.3, -0.25) is 9.59 Å². The molecule has 4 aliphatic carbocycles. The third-order valence-electron chi connectivity index (χ3n) is 11.1. The van der Waals surface area contributed by atoms with E-state index in [1.54, 1.807) is 6.92 Å². The number of allylic oxidation sites excluding steroid dienone is 4. The summed E-state index contributed by atoms with van der Waals surface area (Å²) in [7, 11) is 0. The van der Waals surface area contributed by atoms with Crippen LogP contribution in [0.4, 0.5) is 0 Å². The Morgan fingerprint density at radius 3 is 2.31 bits per heavy atom. The maximum Gasteiger partial charge on any atom is 0.307 e. The lowest BCUT2D eigenvalue weighted by molar-refractivity contribution is -0.151. The molecule has 0 aliphatic heterocycles. The standard InChI is InChI=1S/C32H50O4/c1-19(2)20(3)9-10-21(4)27-13-14-28-26-12-11-24-17-25(35-22(5)33)15-16-31(24,7)30(26)29(36-23(6)34)18-32(27,28)8/h9-10,19-21,24-28H,11-18H2,1-8H3/b10-9+/t20-,21+,24-,25?,26?,27?,28?,31?,32?/m0/s1. The van der Waals surface area contributed by atoms with Crippen molar-refractivity contribution in [3.05, 3.63) is 23.5 Å². The molecule has 9 atom stereocenters. The Labute approximate surface area is 219 Å². The van der Waals surface area contributed by atoms with Crippen molar-refractivity contribution < 1.29 is 19.1 Å². The van der Waals surface area contributed by atoms with E-state index in [1.807, 2.05) is 0 Å². The van der Waals surface area contributed by atoms with Crippen LogP contribution >= 0.6 is 0 Å². The van der Waals surface area contributed by atoms with Gasteiger partial charge in [-0.1, -0.05) is 53.7 Å². The van der Waals surface area contributed by atoms with E-state index >= 15 is 0 Å². The van der Waals surface area contributed by atoms with Crippen molar-refractivity contribution in [3.8, 4) is 0 Å². The van der Waals surface area contributed by atoms with Crippen LogP contribution in [0.15, 0.2) is 23.5 Å². The Balaban J connectivity index is 1.66. The Bertz CT molecular complexity index is 915. The Morgan fingerprint density at radius 1 is 0.944 bits per heavy atom. The highest BCUT2D eigenvalue weighted by Gasteiger charge is 2.60. The van der Waals surface area contributed by atoms with E-state index in [9.17, 15) is 9.59 Å². The molecule has 0 spiro atoms. The fraction of sp³-hybridized carbons (Fsp3) is 0.812. The topological polar surface area (TPSA) is 52.6 Å². The summed E-state index contributed by atoms with van der Waals surface area (Å²) in [5, 5.41) is 0. The van der Waals surface area contributed by atoms with Crippen molar-refractivity contribution in [1.82, 2.24) is 0 Å². The molecule has 4 heteroatoms. The molecule has 6 unspecified atom stereocenters. The van der Waals surface area contributed by atoms with Crippen LogP contribution in [0, 0.1) is 52.3 Å². The van der Waals surface area contributed by atoms with Crippen molar-refractivity contribution in [3.63, 3.8) is 0 Å². The zero-order valence-corrected chi connectivity index (χ0v) is 24.1. The Kier molecular flexibility index (Phi) is 7.85. The van der Waals surface area contributed by atoms with Gasteiger partial charge in [0.15, 0.2) is 0 Å². The first-order valence-electron chi connectivity index (χ1n) is 14.6. The number of esters is 2. The number of carbonyl (C=O) groups excluding carboxylic acids is 2. The van der Waals surface area contributed by atoms with Crippen molar-refractivity contribution in [2.45, 2.75) is 113 Å². The first kappa shape index (κ1) is 27.5. The normalized spacial score (nSPS) is 39.9. The van der Waals surface area contributed by atoms with Gasteiger partial charge in [0.05, 0.1) is 0 Å². The number of fused-ring (bicyclic) bond motifs is 5. The molecule has 0 bridgehead atoms. The maximum atomic E-state index is 12.4. The third kappa shape index (κ3) is 4.95. The lowest BCUT2D eigenvalue weighted by atomic mass is 9.48. The molecule has 0 aromatic rings. The molecular formula is C32H50O4. The molecule has 0 aromatic carbocycles. The summed E-state index contributed by atoms with van der Waals surface area (Å²) in [5.41, 5.74) is 1.64. The van der Waals surface area contributed by atoms with Crippen LogP contribution in [0.1, 0.15) is 107 Å². The second-order valence-corrected chi connectivity index (χ2v) is 13.6. The van der Waals surface area contributed by atoms with Gasteiger partial charge >= 0.3 is 11.9 Å². The second kappa shape index (κ2) is 10.3. The van der Waals surface area contributed by atoms with Gasteiger partial charge in [0.2, 0.25) is 0 Å². The summed E-state index contributed by atoms with van der Waals surface area (Å²) in [6, 6.07) is 0. The number of rotatable bonds is 6. The highest BCUT2D eigenvalue weighted by molar-refractivity contribution is 5.67. The van der Waals surface area contributed by atoms with Gasteiger partial charge in [-0.25, -0.2) is 0 Å². The molecule has 0 saturated heterocycles. The van der Waals surface area contributed by atoms with Gasteiger partial charge in [-0.15, -0.1) is 0 Å². The second-order valence-electron chi connectivity index (χ2n) is 13.6. The molecule has 4 nitrogen and oxygen atoms in total. The van der Waals surface area contributed by atoms with Gasteiger partial charge in [-0.05, 0) is 103 Å². The molecule has 0 N–H and O–H groups in total. The Morgan fingerprint density at radius 2 is 1.67 bits per heavy atom. The number of carbonyl (C=O) groups is 2. The average molecular weight is 499 g/mol. The van der Waals surface area contributed by atoms with Crippen LogP contribution < -0.4 is 0 Å². The van der Waals surface area contributed by atoms with Gasteiger partial charge in [-0.2, -0.15) is 0 Å². The van der Waals surface area contributed by atoms with Gasteiger partial charge in [0.25, 0.3) is 0 Å². The number of ether oxygens (including phenoxy) is 2. The maximum absolute atomic E-state index is 12.4. The van der Waals surface area contributed by atoms with Crippen LogP contribution in [0.25, 0.3) is 0 Å². The van der Waals surface area contributed by atoms with E-state index < -0.39 is 0 Å². The van der Waals surface area contributed by atoms with Crippen LogP contribution in [-0.2, 0) is 19.1 Å². The molecule has 0 amide bonds. The zero-order valence-electron chi connectivity index (χ0n) is 24.1. The van der Waals surface area contributed by atoms with E-state index in [2.05, 4.69) is 53.7 Å². The van der Waals surface area contributed by atoms with Crippen molar-refractivity contribution in [2.24, 2.45) is 52.3 Å². The molecule has 3 fully saturated rings. The zero-order chi connectivity index (χ0) is 26.4. The predicted octanol–water partition coefficient (Wildman–Crippen LogP) is 7.87. The molecular weight excluding hydrogens is 448 g/mol. The molecule has 0 radical (unpaired) electrons. The summed E-state index contributed by atoms with van der Waals surface area (Å²) in [5.74, 6) is 4.63. The molecule has 36 heavy (non-hydrogen) atoms. The minimum Gasteiger partial charge on any atom is -0.463 e. The summed E-state index contributed by atoms with van der Waals surface area (Å²) in [6.45, 7) is 17.3. The predicted molar refractivity (Wildman–Crippen MR) is 144 cm³/mol. The first-order chi connectivity index (χ1) is 16.9. The van der Waals surface area contributed by atoms with Gasteiger partial charge in [0, 0.05) is 20.3 Å². The lowest BCUT2D eigenvalue weighted by Crippen LogP contribution is -2.50. The van der Waals surface area contributed by atoms with Gasteiger partial charge in [0.1, 0.15) is 11.9 Å². The third-order valence-corrected chi connectivity index (χ3v) is 11.1. The molecule has 0 heterocycles. The van der Waals surface area contributed by atoms with Crippen molar-refractivity contribution >= 4 is 11.9 Å². The van der Waals surface area contributed by atoms with Crippen molar-refractivity contribution in [2.75, 3.05) is 0 Å². The minimum absolute atomic E-state index is 0.0282. The van der Waals surface area contributed by atoms with E-state index in [0.717, 1.165) is 37.9 Å². The van der Waals surface area contributed by atoms with Gasteiger partial charge < -0.3 is 9.47 Å². The summed E-state index contributed by atoms with van der Waals surface area (Å²) in [6.07, 6.45) is 13.5. The smallest absolute Gasteiger partial charge is 0.307 e. The first-order valence-corrected chi connectivity index (χ1v) is 14.6. The molecule has 3 saturated carbocycles. The number of hydrogen-bond acceptors (Lipinski definition) is 4. The molecule has 202 valence electrons. The van der Waals surface area contributed by atoms with Crippen LogP contribution in [-0.4, -0.2) is 18.0 Å². The monoisotopic (exact) mass is 498 g/mol. The number of hydrogen-bond donors (Lipinski definition) is 0. The highest BCUT2D eigenvalue weighted by Crippen LogP contribution is 2.68. The average Bonchev–Trinajstić information content (AvgIpc) is 3.13. The molecule has 0 aromatic heterocycles. The summed E-state index contributed by atoms with van der Waals surface area (Å²) < 4.78 is 11.8. The Hall–Kier alpha value is -1.58. The van der Waals surface area contributed by atoms with E-state index in [-0.39, 0.29) is 28.9 Å². The quantitative estimate of drug-likeness (QED) is 0.276. The summed E-state index contributed by atoms with van der Waals surface area (Å²) in [4.78, 5) is 24.0. The SMILES string of the molecule is CC(=O)OC1=C2C(CC[C@H]3CC(OC(C)=O)CCC23C)C2CCC([C@H](C)/C=C/[C@H](C)C(C)C)C2(C)C1. The van der Waals surface area contributed by atoms with Crippen molar-refractivity contribution in [1.29, 1.82) is 0 Å². The van der Waals surface area contributed by atoms with Crippen LogP contribution in [0.3, 0.4) is 0 Å². The van der Waals surface area contributed by atoms with E-state index in [1.165, 1.54) is 31.8 Å². The summed E-state index contributed by atoms with van der Waals surface area (Å²) >= 11 is 0. The van der Waals surface area contributed by atoms with E-state index in [4.69, 9.17) is 9.47 Å². The fourth-order valence-electron chi connectivity index (χ4n) is 8.86. The lowest BCUT2D eigenvalue weighted by Gasteiger charge is -2.57. The van der Waals surface area contributed by atoms with Crippen LogP contribution in [0.5, 0.6) is 0 Å². The minimum atomic E-state index is -0.189. The molecule has 4 rings (SSSR count).